The van der Waals surface area contributed by atoms with Crippen molar-refractivity contribution in [1.82, 2.24) is 10.6 Å². The van der Waals surface area contributed by atoms with Crippen molar-refractivity contribution in [2.75, 3.05) is 13.2 Å². The summed E-state index contributed by atoms with van der Waals surface area (Å²) in [6.07, 6.45) is 0. The van der Waals surface area contributed by atoms with Crippen LogP contribution in [0.25, 0.3) is 0 Å². The molecule has 0 spiro atoms. The molecule has 1 aromatic rings. The Morgan fingerprint density at radius 3 is 2.84 bits per heavy atom. The van der Waals surface area contributed by atoms with Crippen molar-refractivity contribution >= 4 is 29.0 Å². The van der Waals surface area contributed by atoms with E-state index in [1.165, 1.54) is 0 Å². The normalized spacial score (nSPS) is 16.1. The highest BCUT2D eigenvalue weighted by Gasteiger charge is 2.27. The predicted octanol–water partition coefficient (Wildman–Crippen LogP) is -0.361. The van der Waals surface area contributed by atoms with E-state index < -0.39 is 11.8 Å². The Hall–Kier alpha value is -2.15. The molecular weight excluding hydrogens is 266 g/mol. The van der Waals surface area contributed by atoms with E-state index in [4.69, 9.17) is 10.5 Å². The quantitative estimate of drug-likeness (QED) is 0.519. The molecule has 100 valence electrons. The van der Waals surface area contributed by atoms with E-state index in [1.807, 2.05) is 24.3 Å². The molecule has 1 aliphatic heterocycles. The minimum absolute atomic E-state index is 0.000654. The number of amides is 2. The van der Waals surface area contributed by atoms with Gasteiger partial charge in [0, 0.05) is 5.56 Å². The lowest BCUT2D eigenvalue weighted by Gasteiger charge is -2.11. The fourth-order valence-corrected chi connectivity index (χ4v) is 1.83. The van der Waals surface area contributed by atoms with Crippen molar-refractivity contribution in [1.29, 1.82) is 0 Å². The first-order valence-corrected chi connectivity index (χ1v) is 6.07. The molecule has 1 atom stereocenters. The van der Waals surface area contributed by atoms with E-state index >= 15 is 0 Å². The van der Waals surface area contributed by atoms with Crippen molar-refractivity contribution in [2.45, 2.75) is 6.04 Å². The third kappa shape index (κ3) is 3.19. The number of fused-ring (bicyclic) bond motifs is 1. The molecule has 4 N–H and O–H groups in total. The highest BCUT2D eigenvalue weighted by Crippen LogP contribution is 2.31. The molecule has 1 unspecified atom stereocenters. The number of carbonyl (C=O) groups is 2. The number of hydrogen-bond acceptors (Lipinski definition) is 4. The topological polar surface area (TPSA) is 93.5 Å². The summed E-state index contributed by atoms with van der Waals surface area (Å²) in [6.45, 7) is 0.313. The van der Waals surface area contributed by atoms with Crippen LogP contribution >= 0.6 is 12.2 Å². The van der Waals surface area contributed by atoms with Gasteiger partial charge < -0.3 is 21.1 Å². The van der Waals surface area contributed by atoms with Crippen molar-refractivity contribution in [3.63, 3.8) is 0 Å². The molecule has 19 heavy (non-hydrogen) atoms. The first-order chi connectivity index (χ1) is 9.08. The highest BCUT2D eigenvalue weighted by molar-refractivity contribution is 7.80. The largest absolute Gasteiger partial charge is 0.491 e. The van der Waals surface area contributed by atoms with Crippen molar-refractivity contribution in [3.05, 3.63) is 29.8 Å². The van der Waals surface area contributed by atoms with Crippen LogP contribution in [0, 0.1) is 0 Å². The van der Waals surface area contributed by atoms with Crippen LogP contribution in [-0.2, 0) is 9.59 Å². The maximum absolute atomic E-state index is 11.7. The fraction of sp³-hybridized carbons (Fsp3) is 0.250. The van der Waals surface area contributed by atoms with Crippen molar-refractivity contribution in [3.8, 4) is 5.75 Å². The molecular formula is C12H13N3O3S. The first-order valence-electron chi connectivity index (χ1n) is 5.66. The number of thiocarbonyl (C=S) groups is 1. The van der Waals surface area contributed by atoms with Gasteiger partial charge in [0.05, 0.1) is 17.6 Å². The van der Waals surface area contributed by atoms with E-state index in [2.05, 4.69) is 22.9 Å². The van der Waals surface area contributed by atoms with Gasteiger partial charge in [-0.2, -0.15) is 0 Å². The molecule has 1 heterocycles. The minimum Gasteiger partial charge on any atom is -0.491 e. The van der Waals surface area contributed by atoms with Gasteiger partial charge in [-0.05, 0) is 6.07 Å². The van der Waals surface area contributed by atoms with Gasteiger partial charge in [0.1, 0.15) is 12.4 Å². The Kier molecular flexibility index (Phi) is 3.96. The number of para-hydroxylation sites is 1. The maximum atomic E-state index is 11.7. The van der Waals surface area contributed by atoms with E-state index in [-0.39, 0.29) is 17.6 Å². The lowest BCUT2D eigenvalue weighted by Crippen LogP contribution is -2.44. The van der Waals surface area contributed by atoms with Crippen LogP contribution in [-0.4, -0.2) is 30.0 Å². The van der Waals surface area contributed by atoms with Gasteiger partial charge in [-0.3, -0.25) is 9.59 Å². The number of rotatable bonds is 3. The smallest absolute Gasteiger partial charge is 0.309 e. The Bertz CT molecular complexity index is 533. The van der Waals surface area contributed by atoms with E-state index in [0.717, 1.165) is 11.3 Å². The molecule has 0 saturated heterocycles. The summed E-state index contributed by atoms with van der Waals surface area (Å²) in [5.41, 5.74) is 6.09. The van der Waals surface area contributed by atoms with Crippen LogP contribution in [0.3, 0.4) is 0 Å². The molecule has 0 bridgehead atoms. The zero-order chi connectivity index (χ0) is 13.8. The molecule has 1 aromatic carbocycles. The summed E-state index contributed by atoms with van der Waals surface area (Å²) >= 11 is 4.61. The van der Waals surface area contributed by atoms with Crippen LogP contribution in [0.4, 0.5) is 0 Å². The van der Waals surface area contributed by atoms with Gasteiger partial charge in [0.25, 0.3) is 0 Å². The molecule has 7 heteroatoms. The molecule has 0 fully saturated rings. The summed E-state index contributed by atoms with van der Waals surface area (Å²) in [4.78, 5) is 23.2. The maximum Gasteiger partial charge on any atom is 0.309 e. The molecule has 6 nitrogen and oxygen atoms in total. The van der Waals surface area contributed by atoms with Crippen molar-refractivity contribution < 1.29 is 14.3 Å². The van der Waals surface area contributed by atoms with Gasteiger partial charge in [-0.25, -0.2) is 0 Å². The summed E-state index contributed by atoms with van der Waals surface area (Å²) in [5, 5.41) is 4.92. The fourth-order valence-electron chi connectivity index (χ4n) is 1.75. The van der Waals surface area contributed by atoms with Gasteiger partial charge in [0.2, 0.25) is 0 Å². The van der Waals surface area contributed by atoms with Crippen LogP contribution in [0.1, 0.15) is 11.6 Å². The second-order valence-electron chi connectivity index (χ2n) is 4.02. The van der Waals surface area contributed by atoms with E-state index in [1.54, 1.807) is 0 Å². The molecule has 2 amide bonds. The second-order valence-corrected chi connectivity index (χ2v) is 4.55. The monoisotopic (exact) mass is 279 g/mol. The van der Waals surface area contributed by atoms with E-state index in [9.17, 15) is 9.59 Å². The first kappa shape index (κ1) is 13.3. The third-order valence-corrected chi connectivity index (χ3v) is 2.78. The molecule has 0 aliphatic carbocycles. The summed E-state index contributed by atoms with van der Waals surface area (Å²) in [5.74, 6) is -0.782. The number of nitrogens with two attached hydrogens (primary N) is 1. The zero-order valence-electron chi connectivity index (χ0n) is 10.0. The van der Waals surface area contributed by atoms with Crippen LogP contribution in [0.15, 0.2) is 24.3 Å². The Labute approximate surface area is 115 Å². The molecule has 2 rings (SSSR count). The summed E-state index contributed by atoms with van der Waals surface area (Å²) in [7, 11) is 0. The predicted molar refractivity (Wildman–Crippen MR) is 72.6 cm³/mol. The average molecular weight is 279 g/mol. The second kappa shape index (κ2) is 5.66. The Morgan fingerprint density at radius 1 is 1.37 bits per heavy atom. The minimum atomic E-state index is -0.766. The Morgan fingerprint density at radius 2 is 2.11 bits per heavy atom. The molecule has 0 radical (unpaired) electrons. The van der Waals surface area contributed by atoms with Gasteiger partial charge in [-0.15, -0.1) is 0 Å². The number of ether oxygens (including phenoxy) is 1. The molecule has 0 saturated carbocycles. The lowest BCUT2D eigenvalue weighted by molar-refractivity contribution is -0.139. The SMILES string of the molecule is NC(=S)CNC(=O)C(=O)NC1COc2ccccc21. The molecule has 0 aromatic heterocycles. The van der Waals surface area contributed by atoms with E-state index in [0.29, 0.717) is 6.61 Å². The van der Waals surface area contributed by atoms with Gasteiger partial charge in [0.15, 0.2) is 0 Å². The third-order valence-electron chi connectivity index (χ3n) is 2.63. The summed E-state index contributed by atoms with van der Waals surface area (Å²) < 4.78 is 5.40. The average Bonchev–Trinajstić information content (AvgIpc) is 2.79. The standard InChI is InChI=1S/C12H13N3O3S/c13-10(19)5-14-11(16)12(17)15-8-6-18-9-4-2-1-3-7(8)9/h1-4,8H,5-6H2,(H2,13,19)(H,14,16)(H,15,17). The van der Waals surface area contributed by atoms with Crippen LogP contribution < -0.4 is 21.1 Å². The number of nitrogens with one attached hydrogen (secondary N) is 2. The highest BCUT2D eigenvalue weighted by atomic mass is 32.1. The molecule has 1 aliphatic rings. The number of hydrogen-bond donors (Lipinski definition) is 3. The lowest BCUT2D eigenvalue weighted by atomic mass is 10.1. The van der Waals surface area contributed by atoms with Crippen LogP contribution in [0.2, 0.25) is 0 Å². The zero-order valence-corrected chi connectivity index (χ0v) is 10.8. The number of benzene rings is 1. The Balaban J connectivity index is 1.94. The number of carbonyl (C=O) groups excluding carboxylic acids is 2. The van der Waals surface area contributed by atoms with Crippen LogP contribution in [0.5, 0.6) is 5.75 Å². The van der Waals surface area contributed by atoms with Gasteiger partial charge in [-0.1, -0.05) is 30.4 Å². The van der Waals surface area contributed by atoms with Gasteiger partial charge >= 0.3 is 11.8 Å². The summed E-state index contributed by atoms with van der Waals surface area (Å²) in [6, 6.07) is 7.03. The van der Waals surface area contributed by atoms with Crippen molar-refractivity contribution in [2.24, 2.45) is 5.73 Å².